The van der Waals surface area contributed by atoms with Gasteiger partial charge in [-0.2, -0.15) is 0 Å². The fourth-order valence-electron chi connectivity index (χ4n) is 4.02. The summed E-state index contributed by atoms with van der Waals surface area (Å²) >= 11 is 0. The van der Waals surface area contributed by atoms with Gasteiger partial charge in [0.2, 0.25) is 5.91 Å². The van der Waals surface area contributed by atoms with Crippen molar-refractivity contribution in [2.24, 2.45) is 0 Å². The second kappa shape index (κ2) is 14.5. The normalized spacial score (nSPS) is 12.9. The average Bonchev–Trinajstić information content (AvgIpc) is 3.39. The summed E-state index contributed by atoms with van der Waals surface area (Å²) in [5.74, 6) is -1.94. The van der Waals surface area contributed by atoms with Crippen LogP contribution in [0.5, 0.6) is 5.75 Å². The first-order valence-electron chi connectivity index (χ1n) is 13.8. The van der Waals surface area contributed by atoms with Gasteiger partial charge in [-0.05, 0) is 57.9 Å². The fraction of sp³-hybridized carbons (Fsp3) is 0.387. The molecule has 0 aliphatic carbocycles. The van der Waals surface area contributed by atoms with Gasteiger partial charge in [-0.1, -0.05) is 42.5 Å². The highest BCUT2D eigenvalue weighted by Crippen LogP contribution is 2.24. The zero-order chi connectivity index (χ0) is 32.5. The predicted octanol–water partition coefficient (Wildman–Crippen LogP) is 3.51. The molecule has 0 aliphatic rings. The zero-order valence-corrected chi connectivity index (χ0v) is 25.6. The first-order valence-corrected chi connectivity index (χ1v) is 13.8. The van der Waals surface area contributed by atoms with E-state index in [1.54, 1.807) is 45.0 Å². The van der Waals surface area contributed by atoms with Crippen molar-refractivity contribution in [1.82, 2.24) is 20.2 Å². The molecule has 1 aromatic heterocycles. The number of carboxylic acids is 1. The Balaban J connectivity index is 1.77. The van der Waals surface area contributed by atoms with Crippen molar-refractivity contribution in [2.75, 3.05) is 19.0 Å². The largest absolute Gasteiger partial charge is 0.497 e. The summed E-state index contributed by atoms with van der Waals surface area (Å²) in [5, 5.41) is 17.7. The Bertz CT molecular complexity index is 1450. The maximum absolute atomic E-state index is 13.4. The van der Waals surface area contributed by atoms with E-state index in [0.717, 1.165) is 5.56 Å². The minimum atomic E-state index is -1.45. The van der Waals surface area contributed by atoms with Gasteiger partial charge in [0.25, 0.3) is 5.91 Å². The molecule has 0 radical (unpaired) electrons. The Hall–Kier alpha value is -4.91. The van der Waals surface area contributed by atoms with Crippen LogP contribution in [0.2, 0.25) is 0 Å². The predicted molar refractivity (Wildman–Crippen MR) is 161 cm³/mol. The number of benzene rings is 2. The van der Waals surface area contributed by atoms with Crippen LogP contribution in [0.4, 0.5) is 10.6 Å². The smallest absolute Gasteiger partial charge is 0.408 e. The quantitative estimate of drug-likeness (QED) is 0.226. The molecular weight excluding hydrogens is 570 g/mol. The molecule has 3 rings (SSSR count). The van der Waals surface area contributed by atoms with Crippen LogP contribution >= 0.6 is 0 Å². The van der Waals surface area contributed by atoms with Crippen LogP contribution in [0.25, 0.3) is 0 Å². The number of aromatic nitrogens is 2. The van der Waals surface area contributed by atoms with Gasteiger partial charge >= 0.3 is 12.1 Å². The van der Waals surface area contributed by atoms with Gasteiger partial charge in [-0.15, -0.1) is 0 Å². The fourth-order valence-corrected chi connectivity index (χ4v) is 4.02. The summed E-state index contributed by atoms with van der Waals surface area (Å²) in [7, 11) is 1.48. The number of aliphatic carboxylic acids is 1. The molecule has 1 heterocycles. The van der Waals surface area contributed by atoms with Gasteiger partial charge in [0, 0.05) is 6.20 Å². The molecule has 44 heavy (non-hydrogen) atoms. The molecule has 0 fully saturated rings. The molecule has 2 aromatic carbocycles. The maximum atomic E-state index is 13.4. The second-order valence-electron chi connectivity index (χ2n) is 11.5. The van der Waals surface area contributed by atoms with Gasteiger partial charge in [0.1, 0.15) is 22.9 Å². The van der Waals surface area contributed by atoms with Crippen LogP contribution in [0, 0.1) is 0 Å². The van der Waals surface area contributed by atoms with Crippen molar-refractivity contribution < 1.29 is 38.5 Å². The topological polar surface area (TPSA) is 170 Å². The first kappa shape index (κ1) is 33.6. The third kappa shape index (κ3) is 9.83. The SMILES string of the molecule is COc1cccc(C(C(=O)O)n2cnc(NC(=O)[C@@H](COCc3ccccc3)NC(=O)C(C)(C)NC(=O)OC(C)(C)C)c2)c1. The lowest BCUT2D eigenvalue weighted by Crippen LogP contribution is -2.59. The highest BCUT2D eigenvalue weighted by molar-refractivity contribution is 5.98. The third-order valence-electron chi connectivity index (χ3n) is 6.19. The minimum absolute atomic E-state index is 0.0533. The molecule has 0 aliphatic heterocycles. The number of anilines is 1. The van der Waals surface area contributed by atoms with Crippen molar-refractivity contribution in [3.05, 3.63) is 78.2 Å². The van der Waals surface area contributed by atoms with Gasteiger partial charge in [0.05, 0.1) is 26.7 Å². The van der Waals surface area contributed by atoms with Crippen LogP contribution in [-0.2, 0) is 30.5 Å². The zero-order valence-electron chi connectivity index (χ0n) is 25.6. The number of carboxylic acid groups (broad SMARTS) is 1. The molecule has 4 N–H and O–H groups in total. The Labute approximate surface area is 255 Å². The number of nitrogens with one attached hydrogen (secondary N) is 3. The Morgan fingerprint density at radius 2 is 1.70 bits per heavy atom. The molecule has 0 spiro atoms. The molecule has 13 heteroatoms. The molecule has 3 amide bonds. The first-order chi connectivity index (χ1) is 20.7. The van der Waals surface area contributed by atoms with E-state index >= 15 is 0 Å². The van der Waals surface area contributed by atoms with Crippen LogP contribution in [0.15, 0.2) is 67.1 Å². The maximum Gasteiger partial charge on any atom is 0.408 e. The molecule has 2 atom stereocenters. The van der Waals surface area contributed by atoms with Crippen LogP contribution in [0.3, 0.4) is 0 Å². The summed E-state index contributed by atoms with van der Waals surface area (Å²) in [6, 6.07) is 13.5. The van der Waals surface area contributed by atoms with Gasteiger partial charge in [-0.3, -0.25) is 9.59 Å². The summed E-state index contributed by atoms with van der Waals surface area (Å²) < 4.78 is 17.6. The lowest BCUT2D eigenvalue weighted by molar-refractivity contribution is -0.139. The van der Waals surface area contributed by atoms with E-state index in [0.29, 0.717) is 11.3 Å². The molecule has 0 saturated heterocycles. The number of carbonyl (C=O) groups excluding carboxylic acids is 3. The molecule has 0 bridgehead atoms. The second-order valence-corrected chi connectivity index (χ2v) is 11.5. The lowest BCUT2D eigenvalue weighted by atomic mass is 10.0. The highest BCUT2D eigenvalue weighted by Gasteiger charge is 2.35. The lowest BCUT2D eigenvalue weighted by Gasteiger charge is -2.29. The van der Waals surface area contributed by atoms with Gasteiger partial charge < -0.3 is 39.8 Å². The number of alkyl carbamates (subject to hydrolysis) is 1. The number of amides is 3. The van der Waals surface area contributed by atoms with Gasteiger partial charge in [0.15, 0.2) is 11.9 Å². The third-order valence-corrected chi connectivity index (χ3v) is 6.19. The molecule has 236 valence electrons. The van der Waals surface area contributed by atoms with Crippen molar-refractivity contribution in [3.8, 4) is 5.75 Å². The van der Waals surface area contributed by atoms with E-state index < -0.39 is 47.1 Å². The molecular formula is C31H39N5O8. The van der Waals surface area contributed by atoms with E-state index in [9.17, 15) is 24.3 Å². The van der Waals surface area contributed by atoms with Crippen molar-refractivity contribution >= 4 is 29.7 Å². The summed E-state index contributed by atoms with van der Waals surface area (Å²) in [6.07, 6.45) is 1.85. The van der Waals surface area contributed by atoms with E-state index in [-0.39, 0.29) is 19.0 Å². The molecule has 1 unspecified atom stereocenters. The van der Waals surface area contributed by atoms with E-state index in [4.69, 9.17) is 14.2 Å². The summed E-state index contributed by atoms with van der Waals surface area (Å²) in [4.78, 5) is 55.3. The van der Waals surface area contributed by atoms with E-state index in [1.165, 1.54) is 38.0 Å². The Kier molecular flexibility index (Phi) is 11.1. The number of hydrogen-bond donors (Lipinski definition) is 4. The highest BCUT2D eigenvalue weighted by atomic mass is 16.6. The summed E-state index contributed by atoms with van der Waals surface area (Å²) in [6.45, 7) is 7.99. The van der Waals surface area contributed by atoms with E-state index in [1.807, 2.05) is 30.3 Å². The molecule has 0 saturated carbocycles. The van der Waals surface area contributed by atoms with Gasteiger partial charge in [-0.25, -0.2) is 14.6 Å². The monoisotopic (exact) mass is 609 g/mol. The van der Waals surface area contributed by atoms with Crippen molar-refractivity contribution in [2.45, 2.75) is 64.4 Å². The Morgan fingerprint density at radius 3 is 2.34 bits per heavy atom. The number of ether oxygens (including phenoxy) is 3. The Morgan fingerprint density at radius 1 is 1.00 bits per heavy atom. The number of rotatable bonds is 13. The number of carbonyl (C=O) groups is 4. The van der Waals surface area contributed by atoms with Crippen LogP contribution in [-0.4, -0.2) is 69.4 Å². The number of methoxy groups -OCH3 is 1. The number of imidazole rings is 1. The van der Waals surface area contributed by atoms with Crippen LogP contribution < -0.4 is 20.7 Å². The number of nitrogens with zero attached hydrogens (tertiary/aromatic N) is 2. The number of hydrogen-bond acceptors (Lipinski definition) is 8. The van der Waals surface area contributed by atoms with Crippen molar-refractivity contribution in [1.29, 1.82) is 0 Å². The van der Waals surface area contributed by atoms with Crippen molar-refractivity contribution in [3.63, 3.8) is 0 Å². The van der Waals surface area contributed by atoms with Crippen LogP contribution in [0.1, 0.15) is 51.8 Å². The van der Waals surface area contributed by atoms with E-state index in [2.05, 4.69) is 20.9 Å². The average molecular weight is 610 g/mol. The minimum Gasteiger partial charge on any atom is -0.497 e. The molecule has 13 nitrogen and oxygen atoms in total. The standard InChI is InChI=1S/C31H39N5O8/c1-30(2,3)44-29(41)35-31(4,5)28(40)33-23(18-43-17-20-11-8-7-9-12-20)26(37)34-24-16-36(19-32-24)25(27(38)39)21-13-10-14-22(15-21)42-6/h7-16,19,23,25H,17-18H2,1-6H3,(H,33,40)(H,34,37)(H,35,41)(H,38,39)/t23-,25?/m1/s1. The molecule has 3 aromatic rings. The summed E-state index contributed by atoms with van der Waals surface area (Å²) in [5.41, 5.74) is -0.931.